The fraction of sp³-hybridized carbons (Fsp3) is 0.167. The summed E-state index contributed by atoms with van der Waals surface area (Å²) in [5.74, 6) is -0.936. The van der Waals surface area contributed by atoms with Crippen molar-refractivity contribution in [1.82, 2.24) is 5.32 Å². The van der Waals surface area contributed by atoms with Gasteiger partial charge >= 0.3 is 5.97 Å². The Morgan fingerprint density at radius 3 is 2.29 bits per heavy atom. The van der Waals surface area contributed by atoms with Crippen LogP contribution in [0.4, 0.5) is 0 Å². The third-order valence-electron chi connectivity index (χ3n) is 1.94. The molecule has 0 heterocycles. The second kappa shape index (κ2) is 6.20. The Hall–Kier alpha value is -1.62. The molecule has 0 atom stereocenters. The summed E-state index contributed by atoms with van der Waals surface area (Å²) < 4.78 is 5.10. The number of halogens is 1. The molecule has 0 aliphatic heterocycles. The predicted octanol–water partition coefficient (Wildman–Crippen LogP) is 2.06. The van der Waals surface area contributed by atoms with Gasteiger partial charge in [-0.05, 0) is 21.5 Å². The second-order valence-electron chi connectivity index (χ2n) is 3.23. The van der Waals surface area contributed by atoms with Crippen LogP contribution in [0.5, 0.6) is 0 Å². The molecule has 1 rings (SSSR count). The molecule has 1 aromatic carbocycles. The van der Waals surface area contributed by atoms with Gasteiger partial charge in [0.05, 0.1) is 11.6 Å². The number of nitrogens with one attached hydrogen (secondary N) is 1. The van der Waals surface area contributed by atoms with Gasteiger partial charge in [0.1, 0.15) is 5.70 Å². The fourth-order valence-corrected chi connectivity index (χ4v) is 1.73. The molecule has 5 heteroatoms. The summed E-state index contributed by atoms with van der Waals surface area (Å²) in [6.45, 7) is 1.33. The van der Waals surface area contributed by atoms with Crippen molar-refractivity contribution in [2.75, 3.05) is 7.11 Å². The highest BCUT2D eigenvalue weighted by molar-refractivity contribution is 9.15. The smallest absolute Gasteiger partial charge is 0.355 e. The molecule has 4 nitrogen and oxygen atoms in total. The highest BCUT2D eigenvalue weighted by atomic mass is 79.9. The van der Waals surface area contributed by atoms with Crippen LogP contribution in [0.15, 0.2) is 36.0 Å². The number of hydrogen-bond donors (Lipinski definition) is 1. The maximum atomic E-state index is 11.5. The standard InChI is InChI=1S/C12H12BrNO3/c1-8(15)14-11(12(16)17-2)10(13)9-6-4-3-5-7-9/h3-7H,1-2H3,(H,14,15)/b11-10-. The molecule has 17 heavy (non-hydrogen) atoms. The van der Waals surface area contributed by atoms with E-state index in [4.69, 9.17) is 0 Å². The summed E-state index contributed by atoms with van der Waals surface area (Å²) in [4.78, 5) is 22.6. The molecule has 0 radical (unpaired) electrons. The van der Waals surface area contributed by atoms with Crippen molar-refractivity contribution in [2.45, 2.75) is 6.92 Å². The molecule has 0 bridgehead atoms. The number of amides is 1. The van der Waals surface area contributed by atoms with Crippen LogP contribution in [0.2, 0.25) is 0 Å². The van der Waals surface area contributed by atoms with Gasteiger partial charge in [0, 0.05) is 6.92 Å². The summed E-state index contributed by atoms with van der Waals surface area (Å²) in [7, 11) is 1.26. The minimum Gasteiger partial charge on any atom is -0.464 e. The molecular weight excluding hydrogens is 286 g/mol. The minimum atomic E-state index is -0.601. The molecule has 90 valence electrons. The van der Waals surface area contributed by atoms with E-state index in [1.54, 1.807) is 0 Å². The molecule has 0 unspecified atom stereocenters. The Bertz CT molecular complexity index is 454. The average Bonchev–Trinajstić information content (AvgIpc) is 2.35. The number of carbonyl (C=O) groups is 2. The van der Waals surface area contributed by atoms with E-state index in [9.17, 15) is 9.59 Å². The fourth-order valence-electron chi connectivity index (χ4n) is 1.20. The van der Waals surface area contributed by atoms with Crippen LogP contribution in [0.3, 0.4) is 0 Å². The van der Waals surface area contributed by atoms with E-state index in [1.165, 1.54) is 14.0 Å². The van der Waals surface area contributed by atoms with Gasteiger partial charge in [-0.3, -0.25) is 4.79 Å². The molecule has 0 aromatic heterocycles. The van der Waals surface area contributed by atoms with Gasteiger partial charge in [-0.15, -0.1) is 0 Å². The van der Waals surface area contributed by atoms with Crippen molar-refractivity contribution >= 4 is 32.3 Å². The van der Waals surface area contributed by atoms with Gasteiger partial charge in [0.15, 0.2) is 0 Å². The largest absolute Gasteiger partial charge is 0.464 e. The van der Waals surface area contributed by atoms with Gasteiger partial charge in [0.25, 0.3) is 0 Å². The van der Waals surface area contributed by atoms with Crippen molar-refractivity contribution in [2.24, 2.45) is 0 Å². The van der Waals surface area contributed by atoms with E-state index in [0.717, 1.165) is 5.56 Å². The normalized spacial score (nSPS) is 11.5. The molecule has 0 aliphatic carbocycles. The first-order valence-electron chi connectivity index (χ1n) is 4.87. The Kier molecular flexibility index (Phi) is 4.90. The van der Waals surface area contributed by atoms with Gasteiger partial charge in [0.2, 0.25) is 5.91 Å². The molecule has 0 fully saturated rings. The Balaban J connectivity index is 3.18. The highest BCUT2D eigenvalue weighted by Gasteiger charge is 2.16. The number of carbonyl (C=O) groups excluding carboxylic acids is 2. The van der Waals surface area contributed by atoms with Crippen molar-refractivity contribution in [3.05, 3.63) is 41.6 Å². The Morgan fingerprint density at radius 1 is 1.24 bits per heavy atom. The SMILES string of the molecule is COC(=O)/C(NC(C)=O)=C(/Br)c1ccccc1. The van der Waals surface area contributed by atoms with E-state index in [0.29, 0.717) is 4.48 Å². The average molecular weight is 298 g/mol. The molecule has 0 spiro atoms. The molecule has 1 N–H and O–H groups in total. The van der Waals surface area contributed by atoms with Gasteiger partial charge in [-0.2, -0.15) is 0 Å². The van der Waals surface area contributed by atoms with Gasteiger partial charge in [-0.1, -0.05) is 30.3 Å². The summed E-state index contributed by atoms with van der Waals surface area (Å²) in [6, 6.07) is 9.15. The van der Waals surface area contributed by atoms with Crippen molar-refractivity contribution in [3.8, 4) is 0 Å². The lowest BCUT2D eigenvalue weighted by molar-refractivity contribution is -0.137. The lowest BCUT2D eigenvalue weighted by Gasteiger charge is -2.09. The van der Waals surface area contributed by atoms with Crippen molar-refractivity contribution in [1.29, 1.82) is 0 Å². The minimum absolute atomic E-state index is 0.0891. The molecule has 1 amide bonds. The number of methoxy groups -OCH3 is 1. The summed E-state index contributed by atoms with van der Waals surface area (Å²) in [6.07, 6.45) is 0. The van der Waals surface area contributed by atoms with Gasteiger partial charge < -0.3 is 10.1 Å². The zero-order valence-corrected chi connectivity index (χ0v) is 11.1. The number of rotatable bonds is 3. The van der Waals surface area contributed by atoms with Crippen LogP contribution >= 0.6 is 15.9 Å². The number of ether oxygens (including phenoxy) is 1. The molecular formula is C12H12BrNO3. The van der Waals surface area contributed by atoms with E-state index >= 15 is 0 Å². The van der Waals surface area contributed by atoms with E-state index < -0.39 is 5.97 Å². The third-order valence-corrected chi connectivity index (χ3v) is 2.79. The molecule has 0 aliphatic rings. The Labute approximate surface area is 108 Å². The first-order chi connectivity index (χ1) is 8.06. The molecule has 0 saturated carbocycles. The van der Waals surface area contributed by atoms with Crippen LogP contribution in [0.1, 0.15) is 12.5 Å². The van der Waals surface area contributed by atoms with Crippen molar-refractivity contribution in [3.63, 3.8) is 0 Å². The maximum absolute atomic E-state index is 11.5. The van der Waals surface area contributed by atoms with Crippen LogP contribution in [0, 0.1) is 0 Å². The summed E-state index contributed by atoms with van der Waals surface area (Å²) >= 11 is 3.29. The Morgan fingerprint density at radius 2 is 1.82 bits per heavy atom. The number of esters is 1. The van der Waals surface area contributed by atoms with E-state index in [-0.39, 0.29) is 11.6 Å². The zero-order valence-electron chi connectivity index (χ0n) is 9.49. The van der Waals surface area contributed by atoms with E-state index in [2.05, 4.69) is 26.0 Å². The van der Waals surface area contributed by atoms with Crippen molar-refractivity contribution < 1.29 is 14.3 Å². The zero-order chi connectivity index (χ0) is 12.8. The van der Waals surface area contributed by atoms with Crippen LogP contribution in [-0.2, 0) is 14.3 Å². The lowest BCUT2D eigenvalue weighted by Crippen LogP contribution is -2.26. The van der Waals surface area contributed by atoms with Crippen LogP contribution in [0.25, 0.3) is 4.48 Å². The summed E-state index contributed by atoms with van der Waals surface area (Å²) in [5.41, 5.74) is 0.868. The summed E-state index contributed by atoms with van der Waals surface area (Å²) in [5, 5.41) is 2.45. The van der Waals surface area contributed by atoms with E-state index in [1.807, 2.05) is 30.3 Å². The van der Waals surface area contributed by atoms with Crippen LogP contribution in [-0.4, -0.2) is 19.0 Å². The maximum Gasteiger partial charge on any atom is 0.355 e. The first kappa shape index (κ1) is 13.4. The van der Waals surface area contributed by atoms with Crippen LogP contribution < -0.4 is 5.32 Å². The number of benzene rings is 1. The molecule has 0 saturated heterocycles. The topological polar surface area (TPSA) is 55.4 Å². The third kappa shape index (κ3) is 3.71. The lowest BCUT2D eigenvalue weighted by atomic mass is 10.2. The monoisotopic (exact) mass is 297 g/mol. The molecule has 1 aromatic rings. The highest BCUT2D eigenvalue weighted by Crippen LogP contribution is 2.24. The quantitative estimate of drug-likeness (QED) is 0.686. The second-order valence-corrected chi connectivity index (χ2v) is 4.02. The van der Waals surface area contributed by atoms with Gasteiger partial charge in [-0.25, -0.2) is 4.79 Å². The first-order valence-corrected chi connectivity index (χ1v) is 5.66. The number of hydrogen-bond acceptors (Lipinski definition) is 3. The predicted molar refractivity (Wildman–Crippen MR) is 68.1 cm³/mol.